The molecular formula is C14H8AlN3. The van der Waals surface area contributed by atoms with E-state index in [0.717, 1.165) is 32.3 Å². The number of aromatic nitrogens is 3. The molecule has 2 aromatic carbocycles. The van der Waals surface area contributed by atoms with Gasteiger partial charge in [0.05, 0.1) is 16.6 Å². The van der Waals surface area contributed by atoms with Crippen LogP contribution in [0.1, 0.15) is 0 Å². The molecule has 0 aliphatic carbocycles. The molecule has 0 spiro atoms. The largest absolute Gasteiger partial charge is 0.298 e. The van der Waals surface area contributed by atoms with Gasteiger partial charge >= 0.3 is 0 Å². The molecule has 2 heterocycles. The van der Waals surface area contributed by atoms with Crippen LogP contribution in [0.3, 0.4) is 0 Å². The normalized spacial score (nSPS) is 11.6. The van der Waals surface area contributed by atoms with Crippen LogP contribution in [0.15, 0.2) is 48.5 Å². The summed E-state index contributed by atoms with van der Waals surface area (Å²) in [5.41, 5.74) is 4.03. The highest BCUT2D eigenvalue weighted by atomic mass is 27.0. The Bertz CT molecular complexity index is 895. The topological polar surface area (TPSA) is 30.2 Å². The van der Waals surface area contributed by atoms with Crippen LogP contribution in [0.2, 0.25) is 0 Å². The number of rotatable bonds is 0. The SMILES string of the molecule is [Al][c]1nc2ccccc2c2nc3ccccc3n12. The summed E-state index contributed by atoms with van der Waals surface area (Å²) in [7, 11) is 0. The van der Waals surface area contributed by atoms with Crippen LogP contribution in [-0.2, 0) is 0 Å². The number of para-hydroxylation sites is 3. The highest BCUT2D eigenvalue weighted by molar-refractivity contribution is 6.30. The number of hydrogen-bond donors (Lipinski definition) is 0. The van der Waals surface area contributed by atoms with Crippen molar-refractivity contribution in [2.45, 2.75) is 0 Å². The Balaban J connectivity index is 2.38. The molecule has 0 N–H and O–H groups in total. The van der Waals surface area contributed by atoms with Crippen molar-refractivity contribution in [3.63, 3.8) is 0 Å². The van der Waals surface area contributed by atoms with Gasteiger partial charge in [-0.3, -0.25) is 9.38 Å². The summed E-state index contributed by atoms with van der Waals surface area (Å²) >= 11 is 2.69. The minimum atomic E-state index is 0.886. The lowest BCUT2D eigenvalue weighted by atomic mass is 10.2. The van der Waals surface area contributed by atoms with Gasteiger partial charge in [-0.25, -0.2) is 4.98 Å². The summed E-state index contributed by atoms with van der Waals surface area (Å²) in [6.07, 6.45) is 0. The van der Waals surface area contributed by atoms with Crippen LogP contribution in [0.4, 0.5) is 0 Å². The fraction of sp³-hybridized carbons (Fsp3) is 0. The molecule has 0 saturated carbocycles. The monoisotopic (exact) mass is 245 g/mol. The fourth-order valence-electron chi connectivity index (χ4n) is 2.37. The standard InChI is InChI=1S/C14H8N3.Al/c1-2-6-11-10(5-1)14-16-12-7-3-4-8-13(12)17(14)9-15-11;/h1-8H;. The van der Waals surface area contributed by atoms with Crippen LogP contribution in [0, 0.1) is 0 Å². The minimum Gasteiger partial charge on any atom is -0.298 e. The molecule has 0 aliphatic heterocycles. The molecule has 2 aromatic heterocycles. The van der Waals surface area contributed by atoms with E-state index in [0.29, 0.717) is 0 Å². The van der Waals surface area contributed by atoms with Crippen molar-refractivity contribution < 1.29 is 0 Å². The molecule has 82 valence electrons. The van der Waals surface area contributed by atoms with E-state index in [1.54, 1.807) is 0 Å². The molecular weight excluding hydrogens is 237 g/mol. The van der Waals surface area contributed by atoms with Crippen molar-refractivity contribution >= 4 is 48.6 Å². The molecule has 2 radical (unpaired) electrons. The maximum Gasteiger partial charge on any atom is 0.241 e. The zero-order valence-electron chi connectivity index (χ0n) is 9.54. The Kier molecular flexibility index (Phi) is 1.99. The summed E-state index contributed by atoms with van der Waals surface area (Å²) in [5.74, 6) is 0. The van der Waals surface area contributed by atoms with Crippen molar-refractivity contribution in [2.75, 3.05) is 0 Å². The van der Waals surface area contributed by atoms with Crippen LogP contribution in [-0.4, -0.2) is 30.7 Å². The van der Waals surface area contributed by atoms with Gasteiger partial charge < -0.3 is 0 Å². The van der Waals surface area contributed by atoms with Gasteiger partial charge in [0.2, 0.25) is 16.3 Å². The zero-order valence-corrected chi connectivity index (χ0v) is 10.7. The van der Waals surface area contributed by atoms with Crippen molar-refractivity contribution in [2.24, 2.45) is 0 Å². The van der Waals surface area contributed by atoms with E-state index in [2.05, 4.69) is 37.8 Å². The molecule has 18 heavy (non-hydrogen) atoms. The summed E-state index contributed by atoms with van der Waals surface area (Å²) in [6, 6.07) is 16.2. The van der Waals surface area contributed by atoms with Gasteiger partial charge in [-0.1, -0.05) is 24.3 Å². The third-order valence-electron chi connectivity index (χ3n) is 3.17. The minimum absolute atomic E-state index is 0.886. The summed E-state index contributed by atoms with van der Waals surface area (Å²) in [6.45, 7) is 0. The smallest absolute Gasteiger partial charge is 0.241 e. The first-order chi connectivity index (χ1) is 8.84. The van der Waals surface area contributed by atoms with Gasteiger partial charge in [0.25, 0.3) is 0 Å². The van der Waals surface area contributed by atoms with E-state index >= 15 is 0 Å². The average Bonchev–Trinajstić information content (AvgIpc) is 2.79. The van der Waals surface area contributed by atoms with Crippen LogP contribution >= 0.6 is 0 Å². The quantitative estimate of drug-likeness (QED) is 0.442. The average molecular weight is 245 g/mol. The molecule has 0 fully saturated rings. The maximum absolute atomic E-state index is 4.71. The Hall–Kier alpha value is -1.89. The summed E-state index contributed by atoms with van der Waals surface area (Å²) < 4.78 is 2.97. The second-order valence-electron chi connectivity index (χ2n) is 4.25. The van der Waals surface area contributed by atoms with Crippen molar-refractivity contribution in [1.82, 2.24) is 14.4 Å². The molecule has 0 saturated heterocycles. The molecule has 0 amide bonds. The third-order valence-corrected chi connectivity index (χ3v) is 3.56. The second-order valence-corrected chi connectivity index (χ2v) is 4.76. The molecule has 3 nitrogen and oxygen atoms in total. The van der Waals surface area contributed by atoms with Crippen LogP contribution in [0.25, 0.3) is 27.6 Å². The predicted octanol–water partition coefficient (Wildman–Crippen LogP) is 1.83. The molecule has 0 unspecified atom stereocenters. The number of fused-ring (bicyclic) bond motifs is 5. The molecule has 4 heteroatoms. The zero-order chi connectivity index (χ0) is 12.1. The Labute approximate surface area is 112 Å². The lowest BCUT2D eigenvalue weighted by molar-refractivity contribution is 1.22. The van der Waals surface area contributed by atoms with E-state index in [4.69, 9.17) is 4.98 Å². The highest BCUT2D eigenvalue weighted by Crippen LogP contribution is 2.21. The molecule has 0 bridgehead atoms. The molecule has 4 rings (SSSR count). The Morgan fingerprint density at radius 1 is 0.833 bits per heavy atom. The molecule has 4 aromatic rings. The van der Waals surface area contributed by atoms with Crippen molar-refractivity contribution in [3.8, 4) is 0 Å². The first-order valence-electron chi connectivity index (χ1n) is 5.76. The van der Waals surface area contributed by atoms with E-state index in [-0.39, 0.29) is 0 Å². The van der Waals surface area contributed by atoms with Gasteiger partial charge in [0.15, 0.2) is 0 Å². The lowest BCUT2D eigenvalue weighted by Gasteiger charge is -2.05. The lowest BCUT2D eigenvalue weighted by Crippen LogP contribution is -2.18. The van der Waals surface area contributed by atoms with Crippen LogP contribution in [0.5, 0.6) is 0 Å². The van der Waals surface area contributed by atoms with E-state index < -0.39 is 0 Å². The van der Waals surface area contributed by atoms with E-state index in [9.17, 15) is 0 Å². The van der Waals surface area contributed by atoms with E-state index in [1.807, 2.05) is 36.4 Å². The number of imidazole rings is 1. The number of benzene rings is 2. The van der Waals surface area contributed by atoms with Crippen LogP contribution < -0.4 is 4.69 Å². The Morgan fingerprint density at radius 2 is 1.56 bits per heavy atom. The van der Waals surface area contributed by atoms with E-state index in [1.165, 1.54) is 0 Å². The van der Waals surface area contributed by atoms with Gasteiger partial charge in [-0.2, -0.15) is 0 Å². The third kappa shape index (κ3) is 1.25. The highest BCUT2D eigenvalue weighted by Gasteiger charge is 2.09. The van der Waals surface area contributed by atoms with Crippen molar-refractivity contribution in [1.29, 1.82) is 0 Å². The van der Waals surface area contributed by atoms with Gasteiger partial charge in [0, 0.05) is 10.1 Å². The summed E-state index contributed by atoms with van der Waals surface area (Å²) in [4.78, 5) is 9.33. The Morgan fingerprint density at radius 3 is 2.44 bits per heavy atom. The first-order valence-corrected chi connectivity index (χ1v) is 6.34. The van der Waals surface area contributed by atoms with Crippen molar-refractivity contribution in [3.05, 3.63) is 48.5 Å². The van der Waals surface area contributed by atoms with Gasteiger partial charge in [0.1, 0.15) is 5.65 Å². The summed E-state index contributed by atoms with van der Waals surface area (Å²) in [5, 5.41) is 1.08. The number of nitrogens with zero attached hydrogens (tertiary/aromatic N) is 3. The predicted molar refractivity (Wildman–Crippen MR) is 73.4 cm³/mol. The fourth-order valence-corrected chi connectivity index (χ4v) is 2.77. The first kappa shape index (κ1) is 10.1. The van der Waals surface area contributed by atoms with Gasteiger partial charge in [-0.05, 0) is 24.3 Å². The molecule has 0 atom stereocenters. The number of hydrogen-bond acceptors (Lipinski definition) is 2. The molecule has 0 aliphatic rings. The maximum atomic E-state index is 4.71. The van der Waals surface area contributed by atoms with Gasteiger partial charge in [-0.15, -0.1) is 0 Å². The second kappa shape index (κ2) is 3.55.